The number of rotatable bonds is 8. The lowest BCUT2D eigenvalue weighted by atomic mass is 10.4. The third-order valence-electron chi connectivity index (χ3n) is 3.17. The predicted octanol–water partition coefficient (Wildman–Crippen LogP) is 1.54. The van der Waals surface area contributed by atoms with Gasteiger partial charge in [-0.2, -0.15) is 0 Å². The first-order valence-corrected chi connectivity index (χ1v) is 15.2. The zero-order valence-corrected chi connectivity index (χ0v) is 18.3. The molecule has 7 heteroatoms. The van der Waals surface area contributed by atoms with Crippen molar-refractivity contribution in [2.24, 2.45) is 0 Å². The van der Waals surface area contributed by atoms with Crippen LogP contribution >= 0.6 is 0 Å². The van der Waals surface area contributed by atoms with Crippen LogP contribution in [0.5, 0.6) is 0 Å². The molecule has 1 aromatic carbocycles. The van der Waals surface area contributed by atoms with Gasteiger partial charge in [0.2, 0.25) is 8.32 Å². The molecule has 112 valence electrons. The van der Waals surface area contributed by atoms with Crippen molar-refractivity contribution >= 4 is 41.8 Å². The van der Waals surface area contributed by atoms with E-state index in [4.69, 9.17) is 12.3 Å². The van der Waals surface area contributed by atoms with Gasteiger partial charge in [-0.05, 0) is 37.4 Å². The van der Waals surface area contributed by atoms with Gasteiger partial charge in [-0.15, -0.1) is 6.58 Å². The summed E-state index contributed by atoms with van der Waals surface area (Å²) in [5, 5.41) is 1.30. The van der Waals surface area contributed by atoms with Gasteiger partial charge in [0.15, 0.2) is 0 Å². The van der Waals surface area contributed by atoms with Gasteiger partial charge in [0.05, 0.1) is 0 Å². The SMILES string of the molecule is C=CC[Si](C)(O[Si](C)(C)O[SiH](C)O[SiH3])c1ccccc1. The Bertz CT molecular complexity index is 427. The van der Waals surface area contributed by atoms with Crippen molar-refractivity contribution in [1.29, 1.82) is 0 Å². The van der Waals surface area contributed by atoms with Gasteiger partial charge in [0, 0.05) is 0 Å². The zero-order chi connectivity index (χ0) is 15.2. The molecule has 20 heavy (non-hydrogen) atoms. The fraction of sp³-hybridized carbons (Fsp3) is 0.385. The highest BCUT2D eigenvalue weighted by Gasteiger charge is 2.39. The maximum Gasteiger partial charge on any atom is 0.312 e. The summed E-state index contributed by atoms with van der Waals surface area (Å²) in [5.74, 6) is 0. The molecule has 0 aliphatic rings. The third kappa shape index (κ3) is 5.24. The number of hydrogen-bond acceptors (Lipinski definition) is 3. The van der Waals surface area contributed by atoms with Crippen molar-refractivity contribution in [3.8, 4) is 0 Å². The molecule has 0 amide bonds. The topological polar surface area (TPSA) is 27.7 Å². The van der Waals surface area contributed by atoms with Crippen molar-refractivity contribution in [2.75, 3.05) is 0 Å². The van der Waals surface area contributed by atoms with E-state index in [9.17, 15) is 0 Å². The second-order valence-corrected chi connectivity index (χ2v) is 16.5. The quantitative estimate of drug-likeness (QED) is 0.530. The third-order valence-corrected chi connectivity index (χ3v) is 15.8. The molecular weight excluding hydrogens is 316 g/mol. The molecule has 2 atom stereocenters. The van der Waals surface area contributed by atoms with Crippen molar-refractivity contribution in [3.63, 3.8) is 0 Å². The van der Waals surface area contributed by atoms with Gasteiger partial charge in [-0.3, -0.25) is 0 Å². The van der Waals surface area contributed by atoms with E-state index in [0.29, 0.717) is 0 Å². The molecular formula is C13H26O3Si4. The monoisotopic (exact) mass is 342 g/mol. The maximum absolute atomic E-state index is 6.58. The molecule has 0 aliphatic heterocycles. The van der Waals surface area contributed by atoms with E-state index in [-0.39, 0.29) is 0 Å². The van der Waals surface area contributed by atoms with Gasteiger partial charge in [0.25, 0.3) is 9.28 Å². The Kier molecular flexibility index (Phi) is 6.78. The number of allylic oxidation sites excluding steroid dienone is 1. The highest BCUT2D eigenvalue weighted by Crippen LogP contribution is 2.20. The average molecular weight is 343 g/mol. The standard InChI is InChI=1S/C13H26O3Si4/c1-6-12-20(5,13-10-8-7-9-11-13)16-19(3,4)15-18(2)14-17/h6-11,18H,1,12H2,2-5,17H3. The average Bonchev–Trinajstić information content (AvgIpc) is 2.38. The molecule has 0 spiro atoms. The van der Waals surface area contributed by atoms with Crippen LogP contribution < -0.4 is 5.19 Å². The van der Waals surface area contributed by atoms with Crippen molar-refractivity contribution < 1.29 is 12.3 Å². The molecule has 1 aromatic rings. The Morgan fingerprint density at radius 1 is 1.25 bits per heavy atom. The van der Waals surface area contributed by atoms with E-state index in [1.807, 2.05) is 12.1 Å². The van der Waals surface area contributed by atoms with Gasteiger partial charge in [-0.1, -0.05) is 36.4 Å². The highest BCUT2D eigenvalue weighted by molar-refractivity contribution is 6.92. The summed E-state index contributed by atoms with van der Waals surface area (Å²) >= 11 is 0. The van der Waals surface area contributed by atoms with Gasteiger partial charge in [-0.25, -0.2) is 0 Å². The van der Waals surface area contributed by atoms with E-state index in [0.717, 1.165) is 16.5 Å². The molecule has 0 fully saturated rings. The van der Waals surface area contributed by atoms with Crippen LogP contribution in [-0.4, -0.2) is 36.6 Å². The van der Waals surface area contributed by atoms with Crippen molar-refractivity contribution in [1.82, 2.24) is 0 Å². The molecule has 0 N–H and O–H groups in total. The van der Waals surface area contributed by atoms with Crippen LogP contribution in [0.3, 0.4) is 0 Å². The van der Waals surface area contributed by atoms with Crippen LogP contribution in [0.2, 0.25) is 32.2 Å². The van der Waals surface area contributed by atoms with Gasteiger partial charge in [0.1, 0.15) is 10.5 Å². The minimum Gasteiger partial charge on any atom is -0.447 e. The van der Waals surface area contributed by atoms with Crippen LogP contribution in [-0.2, 0) is 12.3 Å². The summed E-state index contributed by atoms with van der Waals surface area (Å²) in [6.07, 6.45) is 1.97. The lowest BCUT2D eigenvalue weighted by molar-refractivity contribution is 0.362. The molecule has 0 saturated heterocycles. The molecule has 0 aliphatic carbocycles. The summed E-state index contributed by atoms with van der Waals surface area (Å²) in [5.41, 5.74) is 0. The van der Waals surface area contributed by atoms with Crippen molar-refractivity contribution in [3.05, 3.63) is 43.0 Å². The summed E-state index contributed by atoms with van der Waals surface area (Å²) in [6.45, 7) is 12.5. The molecule has 0 saturated carbocycles. The smallest absolute Gasteiger partial charge is 0.312 e. The maximum atomic E-state index is 6.58. The molecule has 3 nitrogen and oxygen atoms in total. The normalized spacial score (nSPS) is 16.6. The van der Waals surface area contributed by atoms with Crippen LogP contribution in [0.1, 0.15) is 0 Å². The van der Waals surface area contributed by atoms with Gasteiger partial charge >= 0.3 is 8.56 Å². The first kappa shape index (κ1) is 17.8. The molecule has 0 radical (unpaired) electrons. The van der Waals surface area contributed by atoms with E-state index in [2.05, 4.69) is 57.0 Å². The van der Waals surface area contributed by atoms with E-state index < -0.39 is 26.2 Å². The zero-order valence-electron chi connectivity index (χ0n) is 13.2. The van der Waals surface area contributed by atoms with Gasteiger partial charge < -0.3 is 12.3 Å². The lowest BCUT2D eigenvalue weighted by Gasteiger charge is -2.36. The first-order valence-electron chi connectivity index (χ1n) is 6.90. The van der Waals surface area contributed by atoms with Crippen molar-refractivity contribution in [2.45, 2.75) is 32.2 Å². The Labute approximate surface area is 129 Å². The number of benzene rings is 1. The lowest BCUT2D eigenvalue weighted by Crippen LogP contribution is -2.56. The Balaban J connectivity index is 2.94. The molecule has 1 rings (SSSR count). The van der Waals surface area contributed by atoms with Crippen LogP contribution in [0.25, 0.3) is 0 Å². The molecule has 2 unspecified atom stereocenters. The molecule has 0 aromatic heterocycles. The predicted molar refractivity (Wildman–Crippen MR) is 96.4 cm³/mol. The summed E-state index contributed by atoms with van der Waals surface area (Å²) in [4.78, 5) is 0. The molecule has 0 heterocycles. The second-order valence-electron chi connectivity index (χ2n) is 5.51. The van der Waals surface area contributed by atoms with Crippen LogP contribution in [0.4, 0.5) is 0 Å². The van der Waals surface area contributed by atoms with E-state index in [1.165, 1.54) is 5.19 Å². The first-order chi connectivity index (χ1) is 9.33. The van der Waals surface area contributed by atoms with E-state index in [1.54, 1.807) is 0 Å². The summed E-state index contributed by atoms with van der Waals surface area (Å²) < 4.78 is 18.2. The van der Waals surface area contributed by atoms with Crippen LogP contribution in [0, 0.1) is 0 Å². The number of hydrogen-bond donors (Lipinski definition) is 0. The Morgan fingerprint density at radius 3 is 2.35 bits per heavy atom. The summed E-state index contributed by atoms with van der Waals surface area (Å²) in [7, 11) is -4.99. The Morgan fingerprint density at radius 2 is 1.85 bits per heavy atom. The minimum atomic E-state index is -2.17. The largest absolute Gasteiger partial charge is 0.447 e. The minimum absolute atomic E-state index is 0.734. The fourth-order valence-electron chi connectivity index (χ4n) is 2.30. The Hall–Kier alpha value is -0.292. The second kappa shape index (κ2) is 7.64. The summed E-state index contributed by atoms with van der Waals surface area (Å²) in [6, 6.07) is 11.4. The fourth-order valence-corrected chi connectivity index (χ4v) is 14.2. The van der Waals surface area contributed by atoms with E-state index >= 15 is 0 Å². The van der Waals surface area contributed by atoms with Crippen LogP contribution in [0.15, 0.2) is 43.0 Å². The highest BCUT2D eigenvalue weighted by atomic mass is 28.5. The molecule has 0 bridgehead atoms.